The summed E-state index contributed by atoms with van der Waals surface area (Å²) in [4.78, 5) is 0. The molecule has 41 heavy (non-hydrogen) atoms. The molecule has 0 unspecified atom stereocenters. The highest BCUT2D eigenvalue weighted by Gasteiger charge is 2.27. The predicted octanol–water partition coefficient (Wildman–Crippen LogP) is 9.84. The van der Waals surface area contributed by atoms with E-state index >= 15 is 0 Å². The van der Waals surface area contributed by atoms with E-state index in [0.717, 1.165) is 6.42 Å². The fourth-order valence-corrected chi connectivity index (χ4v) is 7.52. The molecule has 0 spiro atoms. The molecule has 8 rings (SSSR count). The molecule has 0 saturated heterocycles. The van der Waals surface area contributed by atoms with Crippen molar-refractivity contribution < 1.29 is 4.57 Å². The maximum Gasteiger partial charge on any atom is 0.224 e. The zero-order valence-electron chi connectivity index (χ0n) is 24.8. The molecule has 0 bridgehead atoms. The van der Waals surface area contributed by atoms with Crippen LogP contribution in [0.2, 0.25) is 0 Å². The van der Waals surface area contributed by atoms with Crippen molar-refractivity contribution in [1.82, 2.24) is 4.40 Å². The molecular formula is C39H35N2+. The summed E-state index contributed by atoms with van der Waals surface area (Å²) in [6.45, 7) is 11.7. The van der Waals surface area contributed by atoms with E-state index in [0.29, 0.717) is 0 Å². The van der Waals surface area contributed by atoms with E-state index in [2.05, 4.69) is 142 Å². The standard InChI is InChI=1S/C39H35N2/c1-23-32-21-25(22-39(3,4)5)15-17-28(32)24(2)35-33(23)38-34-27(19-20-40(38)6)16-18-31-30-14-10-13-29(26-11-8-7-9-12-26)36(30)41(35)37(31)34/h7-21H,22H2,1-6H3/q+1. The Balaban J connectivity index is 1.68. The number of nitrogens with zero attached hydrogens (tertiary/aromatic N) is 2. The lowest BCUT2D eigenvalue weighted by Crippen LogP contribution is -2.29. The molecule has 3 aromatic heterocycles. The summed E-state index contributed by atoms with van der Waals surface area (Å²) < 4.78 is 4.96. The summed E-state index contributed by atoms with van der Waals surface area (Å²) in [5.41, 5.74) is 12.2. The molecule has 0 aliphatic rings. The fourth-order valence-electron chi connectivity index (χ4n) is 7.52. The van der Waals surface area contributed by atoms with Gasteiger partial charge in [0.25, 0.3) is 0 Å². The minimum Gasteiger partial charge on any atom is -0.307 e. The lowest BCUT2D eigenvalue weighted by atomic mass is 9.86. The Kier molecular flexibility index (Phi) is 4.93. The first-order chi connectivity index (χ1) is 19.7. The van der Waals surface area contributed by atoms with Gasteiger partial charge in [-0.05, 0) is 64.1 Å². The molecule has 0 radical (unpaired) electrons. The molecule has 200 valence electrons. The van der Waals surface area contributed by atoms with Gasteiger partial charge in [-0.3, -0.25) is 0 Å². The number of fused-ring (bicyclic) bond motifs is 7. The van der Waals surface area contributed by atoms with Gasteiger partial charge >= 0.3 is 0 Å². The first-order valence-corrected chi connectivity index (χ1v) is 14.7. The molecule has 0 aliphatic carbocycles. The maximum absolute atomic E-state index is 2.61. The van der Waals surface area contributed by atoms with E-state index in [1.54, 1.807) is 0 Å². The Morgan fingerprint density at radius 2 is 1.41 bits per heavy atom. The van der Waals surface area contributed by atoms with E-state index in [1.807, 2.05) is 0 Å². The number of para-hydroxylation sites is 1. The van der Waals surface area contributed by atoms with Crippen molar-refractivity contribution in [3.05, 3.63) is 108 Å². The summed E-state index contributed by atoms with van der Waals surface area (Å²) in [7, 11) is 2.21. The minimum atomic E-state index is 0.241. The Hall–Kier alpha value is -4.43. The molecule has 5 aromatic carbocycles. The summed E-state index contributed by atoms with van der Waals surface area (Å²) in [6.07, 6.45) is 3.30. The van der Waals surface area contributed by atoms with E-state index in [9.17, 15) is 0 Å². The highest BCUT2D eigenvalue weighted by atomic mass is 15.0. The second-order valence-corrected chi connectivity index (χ2v) is 13.2. The van der Waals surface area contributed by atoms with Crippen LogP contribution in [0.5, 0.6) is 0 Å². The summed E-state index contributed by atoms with van der Waals surface area (Å²) >= 11 is 0. The second-order valence-electron chi connectivity index (χ2n) is 13.2. The number of hydrogen-bond acceptors (Lipinski definition) is 0. The van der Waals surface area contributed by atoms with Crippen LogP contribution < -0.4 is 4.57 Å². The van der Waals surface area contributed by atoms with Crippen molar-refractivity contribution in [2.45, 2.75) is 41.0 Å². The van der Waals surface area contributed by atoms with E-state index in [-0.39, 0.29) is 5.41 Å². The molecule has 2 heteroatoms. The smallest absolute Gasteiger partial charge is 0.224 e. The lowest BCUT2D eigenvalue weighted by molar-refractivity contribution is -0.643. The van der Waals surface area contributed by atoms with Crippen molar-refractivity contribution in [2.24, 2.45) is 12.5 Å². The molecule has 2 nitrogen and oxygen atoms in total. The van der Waals surface area contributed by atoms with Crippen LogP contribution in [0, 0.1) is 19.3 Å². The SMILES string of the molecule is Cc1c2cc(CC(C)(C)C)ccc2c(C)c2c1c1c3c(ccc4c5cccc(-c6ccccc6)c5n2c43)cc[n+]1C. The van der Waals surface area contributed by atoms with Crippen LogP contribution in [0.1, 0.15) is 37.5 Å². The van der Waals surface area contributed by atoms with Gasteiger partial charge in [0.1, 0.15) is 7.05 Å². The van der Waals surface area contributed by atoms with Crippen LogP contribution in [-0.4, -0.2) is 4.40 Å². The molecule has 0 amide bonds. The zero-order valence-corrected chi connectivity index (χ0v) is 24.8. The third-order valence-electron chi connectivity index (χ3n) is 9.19. The molecular weight excluding hydrogens is 496 g/mol. The van der Waals surface area contributed by atoms with E-state index in [1.165, 1.54) is 87.6 Å². The molecule has 0 fully saturated rings. The largest absolute Gasteiger partial charge is 0.307 e. The topological polar surface area (TPSA) is 8.29 Å². The van der Waals surface area contributed by atoms with Crippen molar-refractivity contribution in [3.8, 4) is 11.1 Å². The quantitative estimate of drug-likeness (QED) is 0.119. The van der Waals surface area contributed by atoms with Crippen LogP contribution in [-0.2, 0) is 13.5 Å². The highest BCUT2D eigenvalue weighted by molar-refractivity contribution is 6.30. The Labute approximate surface area is 240 Å². The number of aromatic nitrogens is 2. The maximum atomic E-state index is 2.61. The summed E-state index contributed by atoms with van der Waals surface area (Å²) in [6, 6.07) is 31.8. The van der Waals surface area contributed by atoms with Crippen LogP contribution in [0.4, 0.5) is 0 Å². The van der Waals surface area contributed by atoms with Gasteiger partial charge < -0.3 is 4.40 Å². The number of hydrogen-bond donors (Lipinski definition) is 0. The van der Waals surface area contributed by atoms with Gasteiger partial charge in [0.05, 0.1) is 27.3 Å². The number of aryl methyl sites for hydroxylation is 3. The minimum absolute atomic E-state index is 0.241. The van der Waals surface area contributed by atoms with Crippen LogP contribution >= 0.6 is 0 Å². The van der Waals surface area contributed by atoms with Crippen molar-refractivity contribution in [2.75, 3.05) is 0 Å². The van der Waals surface area contributed by atoms with Crippen LogP contribution in [0.3, 0.4) is 0 Å². The first-order valence-electron chi connectivity index (χ1n) is 14.7. The summed E-state index contributed by atoms with van der Waals surface area (Å²) in [5.74, 6) is 0. The number of rotatable bonds is 2. The fraction of sp³-hybridized carbons (Fsp3) is 0.205. The first kappa shape index (κ1) is 24.4. The second kappa shape index (κ2) is 8.30. The van der Waals surface area contributed by atoms with Crippen LogP contribution in [0.25, 0.3) is 70.9 Å². The van der Waals surface area contributed by atoms with Gasteiger partial charge in [0.2, 0.25) is 5.52 Å². The highest BCUT2D eigenvalue weighted by Crippen LogP contribution is 2.46. The monoisotopic (exact) mass is 531 g/mol. The lowest BCUT2D eigenvalue weighted by Gasteiger charge is -2.21. The Morgan fingerprint density at radius 3 is 2.20 bits per heavy atom. The van der Waals surface area contributed by atoms with Crippen molar-refractivity contribution >= 4 is 59.8 Å². The van der Waals surface area contributed by atoms with E-state index in [4.69, 9.17) is 0 Å². The number of benzene rings is 5. The molecule has 0 aliphatic heterocycles. The van der Waals surface area contributed by atoms with Gasteiger partial charge in [0.15, 0.2) is 6.20 Å². The molecule has 8 aromatic rings. The van der Waals surface area contributed by atoms with Crippen molar-refractivity contribution in [1.29, 1.82) is 0 Å². The van der Waals surface area contributed by atoms with Gasteiger partial charge in [0, 0.05) is 22.4 Å². The van der Waals surface area contributed by atoms with Gasteiger partial charge in [-0.25, -0.2) is 4.57 Å². The Bertz CT molecular complexity index is 2330. The van der Waals surface area contributed by atoms with Crippen molar-refractivity contribution in [3.63, 3.8) is 0 Å². The molecule has 0 atom stereocenters. The predicted molar refractivity (Wildman–Crippen MR) is 175 cm³/mol. The van der Waals surface area contributed by atoms with Gasteiger partial charge in [-0.1, -0.05) is 99.6 Å². The average Bonchev–Trinajstić information content (AvgIpc) is 3.30. The normalized spacial score (nSPS) is 12.7. The number of pyridine rings is 2. The van der Waals surface area contributed by atoms with Crippen LogP contribution in [0.15, 0.2) is 91.1 Å². The van der Waals surface area contributed by atoms with E-state index < -0.39 is 0 Å². The Morgan fingerprint density at radius 1 is 0.659 bits per heavy atom. The molecule has 0 N–H and O–H groups in total. The zero-order chi connectivity index (χ0) is 28.2. The van der Waals surface area contributed by atoms with Gasteiger partial charge in [-0.15, -0.1) is 0 Å². The molecule has 3 heterocycles. The molecule has 0 saturated carbocycles. The third kappa shape index (κ3) is 3.34. The third-order valence-corrected chi connectivity index (χ3v) is 9.19. The average molecular weight is 532 g/mol. The summed E-state index contributed by atoms with van der Waals surface area (Å²) in [5, 5.41) is 9.35. The van der Waals surface area contributed by atoms with Gasteiger partial charge in [-0.2, -0.15) is 0 Å².